The summed E-state index contributed by atoms with van der Waals surface area (Å²) in [7, 11) is 0. The minimum absolute atomic E-state index is 0.0177. The lowest BCUT2D eigenvalue weighted by Gasteiger charge is -2.19. The normalized spacial score (nSPS) is 16.0. The van der Waals surface area contributed by atoms with Gasteiger partial charge in [-0.15, -0.1) is 0 Å². The molecule has 3 heterocycles. The fraction of sp³-hybridized carbons (Fsp3) is 0.250. The first-order valence-electron chi connectivity index (χ1n) is 26.8. The second-order valence-electron chi connectivity index (χ2n) is 20.6. The van der Waals surface area contributed by atoms with Gasteiger partial charge >= 0.3 is 24.4 Å². The van der Waals surface area contributed by atoms with E-state index < -0.39 is 83.3 Å². The Kier molecular flexibility index (Phi) is 20.9. The molecule has 13 N–H and O–H groups in total. The van der Waals surface area contributed by atoms with Crippen molar-refractivity contribution in [3.63, 3.8) is 0 Å². The first-order chi connectivity index (χ1) is 41.3. The maximum atomic E-state index is 14.8. The van der Waals surface area contributed by atoms with Crippen LogP contribution in [-0.4, -0.2) is 130 Å². The topological polar surface area (TPSA) is 366 Å². The molecule has 0 saturated carbocycles. The SMILES string of the molecule is CC(C)(C)OC(=O)NCC(=O)NC[C@H]1CN(c2ccc(-c3ccc(C(N)=O)cc3)c(F)c2)C(=O)O1.NCC(=O)NC[C@H]1CN(c2ccc(-c3ccc(C(N)=O)cc3)c(F)c2)C(=O)O1.NC[C@H]1CN(c2ccc(-c3ccc(C(N)=O)cc3)c(F)c2)C(=O)O1. The molecule has 3 saturated heterocycles. The maximum Gasteiger partial charge on any atom is 0.414 e. The van der Waals surface area contributed by atoms with Crippen LogP contribution in [0.2, 0.25) is 0 Å². The zero-order valence-electron chi connectivity index (χ0n) is 47.2. The van der Waals surface area contributed by atoms with Crippen LogP contribution >= 0.6 is 0 Å². The third kappa shape index (κ3) is 17.1. The van der Waals surface area contributed by atoms with Gasteiger partial charge < -0.3 is 63.6 Å². The summed E-state index contributed by atoms with van der Waals surface area (Å²) >= 11 is 0. The Labute approximate surface area is 496 Å². The molecule has 3 aliphatic heterocycles. The van der Waals surface area contributed by atoms with Gasteiger partial charge in [0, 0.05) is 39.9 Å². The van der Waals surface area contributed by atoms with Crippen LogP contribution in [0, 0.1) is 17.5 Å². The van der Waals surface area contributed by atoms with E-state index in [0.717, 1.165) is 0 Å². The minimum atomic E-state index is -0.722. The Morgan fingerprint density at radius 2 is 0.816 bits per heavy atom. The van der Waals surface area contributed by atoms with Crippen molar-refractivity contribution in [2.24, 2.45) is 28.7 Å². The third-order valence-electron chi connectivity index (χ3n) is 13.2. The highest BCUT2D eigenvalue weighted by molar-refractivity contribution is 5.96. The molecular weight excluding hydrogens is 1140 g/mol. The van der Waals surface area contributed by atoms with Gasteiger partial charge in [0.25, 0.3) is 0 Å². The van der Waals surface area contributed by atoms with E-state index in [1.807, 2.05) is 0 Å². The molecule has 3 aliphatic rings. The van der Waals surface area contributed by atoms with Gasteiger partial charge in [-0.3, -0.25) is 38.7 Å². The average molecular weight is 1200 g/mol. The van der Waals surface area contributed by atoms with Crippen LogP contribution in [0.1, 0.15) is 51.8 Å². The van der Waals surface area contributed by atoms with Crippen molar-refractivity contribution < 1.29 is 75.3 Å². The largest absolute Gasteiger partial charge is 0.444 e. The van der Waals surface area contributed by atoms with E-state index in [0.29, 0.717) is 73.7 Å². The first kappa shape index (κ1) is 64.0. The number of halogens is 3. The minimum Gasteiger partial charge on any atom is -0.444 e. The number of primary amides is 3. The van der Waals surface area contributed by atoms with Gasteiger partial charge in [0.2, 0.25) is 29.5 Å². The van der Waals surface area contributed by atoms with Crippen molar-refractivity contribution >= 4 is 71.0 Å². The fourth-order valence-electron chi connectivity index (χ4n) is 8.75. The Hall–Kier alpha value is -10.5. The molecule has 0 bridgehead atoms. The van der Waals surface area contributed by atoms with Crippen LogP contribution in [0.4, 0.5) is 49.4 Å². The van der Waals surface area contributed by atoms with E-state index in [9.17, 15) is 56.3 Å². The average Bonchev–Trinajstić information content (AvgIpc) is 3.86. The van der Waals surface area contributed by atoms with E-state index >= 15 is 0 Å². The number of carbonyl (C=O) groups is 9. The molecule has 0 radical (unpaired) electrons. The quantitative estimate of drug-likeness (QED) is 0.0528. The molecule has 6 aromatic rings. The molecule has 0 aliphatic carbocycles. The van der Waals surface area contributed by atoms with E-state index in [2.05, 4.69) is 16.0 Å². The van der Waals surface area contributed by atoms with E-state index in [1.54, 1.807) is 87.5 Å². The summed E-state index contributed by atoms with van der Waals surface area (Å²) in [6, 6.07) is 31.9. The number of nitrogens with two attached hydrogens (primary N) is 5. The lowest BCUT2D eigenvalue weighted by Crippen LogP contribution is -2.42. The predicted molar refractivity (Wildman–Crippen MR) is 312 cm³/mol. The standard InChI is InChI=1S/C24H27FN4O6.C19H19FN4O4.C17H16FN3O3/c1-24(2,3)35-22(32)28-12-20(30)27-11-17-13-29(23(33)34-17)16-8-9-18(19(25)10-16)14-4-6-15(7-5-14)21(26)31;20-16-7-13(24-10-14(28-19(24)27)9-23-17(25)8-21)5-6-15(16)11-1-3-12(4-2-11)18(22)26;18-15-7-12(21-9-13(8-19)24-17(21)23)5-6-14(15)10-1-3-11(4-2-10)16(20)22/h4-10,17H,11-13H2,1-3H3,(H2,26,31)(H,27,30)(H,28,32);1-7,14H,8-10,21H2,(H2,22,26)(H,23,25);1-7,13H,8-9,19H2,(H2,20,22)/t17-;14-;13-/m000/s1. The lowest BCUT2D eigenvalue weighted by atomic mass is 10.0. The second kappa shape index (κ2) is 28.4. The van der Waals surface area contributed by atoms with Gasteiger partial charge in [-0.2, -0.15) is 0 Å². The smallest absolute Gasteiger partial charge is 0.414 e. The van der Waals surface area contributed by atoms with Gasteiger partial charge in [-0.1, -0.05) is 36.4 Å². The molecule has 0 spiro atoms. The zero-order valence-corrected chi connectivity index (χ0v) is 47.2. The highest BCUT2D eigenvalue weighted by Gasteiger charge is 2.35. The lowest BCUT2D eigenvalue weighted by molar-refractivity contribution is -0.121. The molecule has 27 heteroatoms. The fourth-order valence-corrected chi connectivity index (χ4v) is 8.75. The number of hydrogen-bond acceptors (Lipinski definition) is 15. The molecule has 456 valence electrons. The van der Waals surface area contributed by atoms with E-state index in [-0.39, 0.29) is 57.8 Å². The van der Waals surface area contributed by atoms with Crippen molar-refractivity contribution in [1.82, 2.24) is 16.0 Å². The summed E-state index contributed by atoms with van der Waals surface area (Å²) < 4.78 is 64.4. The number of nitrogens with one attached hydrogen (secondary N) is 3. The predicted octanol–water partition coefficient (Wildman–Crippen LogP) is 5.42. The summed E-state index contributed by atoms with van der Waals surface area (Å²) in [5.74, 6) is -4.10. The number of rotatable bonds is 17. The number of alkyl carbamates (subject to hydrolysis) is 1. The summed E-state index contributed by atoms with van der Waals surface area (Å²) in [5.41, 5.74) is 30.3. The van der Waals surface area contributed by atoms with Crippen molar-refractivity contribution in [1.29, 1.82) is 0 Å². The van der Waals surface area contributed by atoms with Crippen LogP contribution in [0.15, 0.2) is 127 Å². The Morgan fingerprint density at radius 1 is 0.494 bits per heavy atom. The molecule has 87 heavy (non-hydrogen) atoms. The number of ether oxygens (including phenoxy) is 4. The van der Waals surface area contributed by atoms with Gasteiger partial charge in [0.05, 0.1) is 62.9 Å². The number of cyclic esters (lactones) is 3. The van der Waals surface area contributed by atoms with Gasteiger partial charge in [-0.05, 0) is 128 Å². The molecule has 24 nitrogen and oxygen atoms in total. The summed E-state index contributed by atoms with van der Waals surface area (Å²) in [4.78, 5) is 108. The van der Waals surface area contributed by atoms with Crippen LogP contribution in [0.3, 0.4) is 0 Å². The third-order valence-corrected chi connectivity index (χ3v) is 13.2. The molecule has 9 amide bonds. The van der Waals surface area contributed by atoms with Crippen LogP contribution in [0.5, 0.6) is 0 Å². The van der Waals surface area contributed by atoms with Gasteiger partial charge in [0.1, 0.15) is 41.4 Å². The molecule has 0 aromatic heterocycles. The zero-order chi connectivity index (χ0) is 63.3. The molecule has 9 rings (SSSR count). The van der Waals surface area contributed by atoms with Crippen molar-refractivity contribution in [2.75, 3.05) is 67.1 Å². The highest BCUT2D eigenvalue weighted by Crippen LogP contribution is 2.33. The number of amides is 9. The number of hydrogen-bond donors (Lipinski definition) is 8. The van der Waals surface area contributed by atoms with Gasteiger partial charge in [-0.25, -0.2) is 32.3 Å². The Balaban J connectivity index is 0.000000190. The van der Waals surface area contributed by atoms with E-state index in [1.165, 1.54) is 75.4 Å². The first-order valence-corrected chi connectivity index (χ1v) is 26.8. The number of benzene rings is 6. The Morgan fingerprint density at radius 3 is 1.10 bits per heavy atom. The number of nitrogens with zero attached hydrogens (tertiary/aromatic N) is 3. The van der Waals surface area contributed by atoms with Crippen LogP contribution in [-0.2, 0) is 28.5 Å². The number of anilines is 3. The summed E-state index contributed by atoms with van der Waals surface area (Å²) in [6.07, 6.45) is -4.14. The van der Waals surface area contributed by atoms with Gasteiger partial charge in [0.15, 0.2) is 0 Å². The summed E-state index contributed by atoms with van der Waals surface area (Å²) in [5, 5.41) is 7.45. The molecule has 3 fully saturated rings. The second-order valence-corrected chi connectivity index (χ2v) is 20.6. The van der Waals surface area contributed by atoms with Crippen molar-refractivity contribution in [3.8, 4) is 33.4 Å². The molecule has 6 aromatic carbocycles. The summed E-state index contributed by atoms with van der Waals surface area (Å²) in [6.45, 7) is 5.59. The highest BCUT2D eigenvalue weighted by atomic mass is 19.1. The van der Waals surface area contributed by atoms with Crippen molar-refractivity contribution in [2.45, 2.75) is 44.7 Å². The van der Waals surface area contributed by atoms with Crippen LogP contribution < -0.4 is 59.3 Å². The van der Waals surface area contributed by atoms with Crippen LogP contribution in [0.25, 0.3) is 33.4 Å². The number of carbonyl (C=O) groups excluding carboxylic acids is 9. The van der Waals surface area contributed by atoms with Crippen molar-refractivity contribution in [3.05, 3.63) is 162 Å². The Bertz CT molecular complexity index is 3570. The monoisotopic (exact) mass is 1200 g/mol. The maximum absolute atomic E-state index is 14.8. The van der Waals surface area contributed by atoms with E-state index in [4.69, 9.17) is 47.6 Å². The molecule has 0 unspecified atom stereocenters. The molecule has 3 atom stereocenters. The molecular formula is C60H62F3N11O13.